The van der Waals surface area contributed by atoms with Crippen molar-refractivity contribution in [3.63, 3.8) is 0 Å². The van der Waals surface area contributed by atoms with Crippen molar-refractivity contribution in [1.82, 2.24) is 4.98 Å². The number of hydrogen-bond donors (Lipinski definition) is 1. The van der Waals surface area contributed by atoms with E-state index >= 15 is 0 Å². The van der Waals surface area contributed by atoms with Gasteiger partial charge in [0.2, 0.25) is 0 Å². The van der Waals surface area contributed by atoms with Crippen molar-refractivity contribution in [2.45, 2.75) is 20.4 Å². The molecular weight excluding hydrogens is 276 g/mol. The quantitative estimate of drug-likeness (QED) is 0.862. The highest BCUT2D eigenvalue weighted by Crippen LogP contribution is 2.17. The zero-order valence-corrected chi connectivity index (χ0v) is 11.6. The van der Waals surface area contributed by atoms with Crippen LogP contribution in [-0.2, 0) is 6.54 Å². The number of pyridine rings is 1. The second kappa shape index (κ2) is 5.32. The van der Waals surface area contributed by atoms with Crippen molar-refractivity contribution in [2.24, 2.45) is 0 Å². The van der Waals surface area contributed by atoms with Gasteiger partial charge in [0.1, 0.15) is 4.60 Å². The van der Waals surface area contributed by atoms with Gasteiger partial charge in [-0.2, -0.15) is 0 Å². The standard InChI is InChI=1S/C14H15BrN2/c1-10-6-7-13(11(2)8-10)16-9-12-4-3-5-14(15)17-12/h3-8,16H,9H2,1-2H3. The van der Waals surface area contributed by atoms with Gasteiger partial charge in [0, 0.05) is 5.69 Å². The van der Waals surface area contributed by atoms with Gasteiger partial charge in [-0.15, -0.1) is 0 Å². The Bertz CT molecular complexity index is 523. The fraction of sp³-hybridized carbons (Fsp3) is 0.214. The molecule has 0 aliphatic carbocycles. The van der Waals surface area contributed by atoms with Crippen LogP contribution in [0.3, 0.4) is 0 Å². The van der Waals surface area contributed by atoms with E-state index in [9.17, 15) is 0 Å². The maximum atomic E-state index is 4.39. The van der Waals surface area contributed by atoms with Crippen LogP contribution < -0.4 is 5.32 Å². The molecule has 2 rings (SSSR count). The van der Waals surface area contributed by atoms with Gasteiger partial charge in [-0.05, 0) is 53.5 Å². The molecular formula is C14H15BrN2. The van der Waals surface area contributed by atoms with Gasteiger partial charge in [0.15, 0.2) is 0 Å². The summed E-state index contributed by atoms with van der Waals surface area (Å²) in [5, 5.41) is 3.40. The molecule has 0 fully saturated rings. The molecule has 1 heterocycles. The topological polar surface area (TPSA) is 24.9 Å². The van der Waals surface area contributed by atoms with Crippen molar-refractivity contribution in [1.29, 1.82) is 0 Å². The minimum atomic E-state index is 0.739. The zero-order valence-electron chi connectivity index (χ0n) is 10.00. The Kier molecular flexibility index (Phi) is 3.79. The van der Waals surface area contributed by atoms with Crippen LogP contribution in [0.2, 0.25) is 0 Å². The number of hydrogen-bond acceptors (Lipinski definition) is 2. The number of aryl methyl sites for hydroxylation is 2. The minimum absolute atomic E-state index is 0.739. The number of aromatic nitrogens is 1. The number of anilines is 1. The molecule has 1 aromatic heterocycles. The molecule has 0 spiro atoms. The van der Waals surface area contributed by atoms with Crippen LogP contribution in [0, 0.1) is 13.8 Å². The molecule has 0 atom stereocenters. The van der Waals surface area contributed by atoms with Gasteiger partial charge in [-0.25, -0.2) is 4.98 Å². The van der Waals surface area contributed by atoms with E-state index in [1.165, 1.54) is 11.1 Å². The van der Waals surface area contributed by atoms with Crippen LogP contribution >= 0.6 is 15.9 Å². The number of halogens is 1. The van der Waals surface area contributed by atoms with E-state index < -0.39 is 0 Å². The SMILES string of the molecule is Cc1ccc(NCc2cccc(Br)n2)c(C)c1. The Labute approximate surface area is 110 Å². The predicted octanol–water partition coefficient (Wildman–Crippen LogP) is 4.07. The van der Waals surface area contributed by atoms with Gasteiger partial charge < -0.3 is 5.32 Å². The highest BCUT2D eigenvalue weighted by atomic mass is 79.9. The van der Waals surface area contributed by atoms with Crippen LogP contribution in [0.4, 0.5) is 5.69 Å². The molecule has 0 unspecified atom stereocenters. The lowest BCUT2D eigenvalue weighted by molar-refractivity contribution is 1.03. The Morgan fingerprint density at radius 2 is 2.00 bits per heavy atom. The summed E-state index contributed by atoms with van der Waals surface area (Å²) in [7, 11) is 0. The van der Waals surface area contributed by atoms with Crippen LogP contribution in [-0.4, -0.2) is 4.98 Å². The van der Waals surface area contributed by atoms with Gasteiger partial charge in [0.05, 0.1) is 12.2 Å². The van der Waals surface area contributed by atoms with Gasteiger partial charge >= 0.3 is 0 Å². The molecule has 0 aliphatic heterocycles. The van der Waals surface area contributed by atoms with E-state index in [1.807, 2.05) is 18.2 Å². The molecule has 0 bridgehead atoms. The van der Waals surface area contributed by atoms with Crippen LogP contribution in [0.1, 0.15) is 16.8 Å². The van der Waals surface area contributed by atoms with Gasteiger partial charge in [-0.3, -0.25) is 0 Å². The monoisotopic (exact) mass is 290 g/mol. The first-order valence-corrected chi connectivity index (χ1v) is 6.37. The Hall–Kier alpha value is -1.35. The maximum Gasteiger partial charge on any atom is 0.106 e. The number of rotatable bonds is 3. The summed E-state index contributed by atoms with van der Waals surface area (Å²) in [4.78, 5) is 4.39. The fourth-order valence-electron chi connectivity index (χ4n) is 1.75. The molecule has 17 heavy (non-hydrogen) atoms. The van der Waals surface area contributed by atoms with Crippen LogP contribution in [0.25, 0.3) is 0 Å². The average molecular weight is 291 g/mol. The highest BCUT2D eigenvalue weighted by molar-refractivity contribution is 9.10. The van der Waals surface area contributed by atoms with E-state index in [1.54, 1.807) is 0 Å². The van der Waals surface area contributed by atoms with Crippen LogP contribution in [0.5, 0.6) is 0 Å². The summed E-state index contributed by atoms with van der Waals surface area (Å²) < 4.78 is 0.873. The lowest BCUT2D eigenvalue weighted by Crippen LogP contribution is -2.03. The van der Waals surface area contributed by atoms with Crippen molar-refractivity contribution < 1.29 is 0 Å². The highest BCUT2D eigenvalue weighted by Gasteiger charge is 1.99. The second-order valence-electron chi connectivity index (χ2n) is 4.12. The molecule has 1 N–H and O–H groups in total. The number of nitrogens with zero attached hydrogens (tertiary/aromatic N) is 1. The van der Waals surface area contributed by atoms with E-state index in [0.29, 0.717) is 0 Å². The third kappa shape index (κ3) is 3.30. The van der Waals surface area contributed by atoms with Gasteiger partial charge in [0.25, 0.3) is 0 Å². The average Bonchev–Trinajstić information content (AvgIpc) is 2.28. The third-order valence-electron chi connectivity index (χ3n) is 2.61. The molecule has 3 heteroatoms. The van der Waals surface area contributed by atoms with E-state index in [0.717, 1.165) is 22.5 Å². The summed E-state index contributed by atoms with van der Waals surface area (Å²) in [5.74, 6) is 0. The number of benzene rings is 1. The van der Waals surface area contributed by atoms with Crippen molar-refractivity contribution in [3.05, 3.63) is 57.8 Å². The van der Waals surface area contributed by atoms with Crippen LogP contribution in [0.15, 0.2) is 41.0 Å². The third-order valence-corrected chi connectivity index (χ3v) is 3.06. The second-order valence-corrected chi connectivity index (χ2v) is 4.94. The lowest BCUT2D eigenvalue weighted by atomic mass is 10.1. The summed E-state index contributed by atoms with van der Waals surface area (Å²) in [5.41, 5.74) is 4.74. The first-order chi connectivity index (χ1) is 8.15. The largest absolute Gasteiger partial charge is 0.379 e. The smallest absolute Gasteiger partial charge is 0.106 e. The summed E-state index contributed by atoms with van der Waals surface area (Å²) in [6.45, 7) is 4.96. The van der Waals surface area contributed by atoms with Crippen molar-refractivity contribution in [3.8, 4) is 0 Å². The van der Waals surface area contributed by atoms with Gasteiger partial charge in [-0.1, -0.05) is 23.8 Å². The van der Waals surface area contributed by atoms with Crippen molar-refractivity contribution in [2.75, 3.05) is 5.32 Å². The van der Waals surface area contributed by atoms with E-state index in [4.69, 9.17) is 0 Å². The lowest BCUT2D eigenvalue weighted by Gasteiger charge is -2.10. The molecule has 1 aromatic carbocycles. The zero-order chi connectivity index (χ0) is 12.3. The Balaban J connectivity index is 2.07. The number of nitrogens with one attached hydrogen (secondary N) is 1. The summed E-state index contributed by atoms with van der Waals surface area (Å²) >= 11 is 3.37. The molecule has 0 aliphatic rings. The molecule has 88 valence electrons. The molecule has 2 aromatic rings. The molecule has 2 nitrogen and oxygen atoms in total. The normalized spacial score (nSPS) is 10.3. The Morgan fingerprint density at radius 1 is 1.18 bits per heavy atom. The van der Waals surface area contributed by atoms with E-state index in [-0.39, 0.29) is 0 Å². The van der Waals surface area contributed by atoms with E-state index in [2.05, 4.69) is 58.3 Å². The Morgan fingerprint density at radius 3 is 2.71 bits per heavy atom. The maximum absolute atomic E-state index is 4.39. The summed E-state index contributed by atoms with van der Waals surface area (Å²) in [6.07, 6.45) is 0. The first kappa shape index (κ1) is 12.1. The van der Waals surface area contributed by atoms with Crippen molar-refractivity contribution >= 4 is 21.6 Å². The minimum Gasteiger partial charge on any atom is -0.379 e. The predicted molar refractivity (Wildman–Crippen MR) is 75.2 cm³/mol. The first-order valence-electron chi connectivity index (χ1n) is 5.58. The summed E-state index contributed by atoms with van der Waals surface area (Å²) in [6, 6.07) is 12.3. The molecule has 0 radical (unpaired) electrons. The fourth-order valence-corrected chi connectivity index (χ4v) is 2.13. The molecule has 0 saturated carbocycles. The molecule has 0 amide bonds. The molecule has 0 saturated heterocycles.